The molecule has 1 unspecified atom stereocenters. The number of halogens is 1. The second-order valence-corrected chi connectivity index (χ2v) is 12.6. The number of aryl methyl sites for hydroxylation is 1. The van der Waals surface area contributed by atoms with E-state index >= 15 is 0 Å². The van der Waals surface area contributed by atoms with Crippen LogP contribution in [0.3, 0.4) is 0 Å². The van der Waals surface area contributed by atoms with Crippen molar-refractivity contribution in [3.8, 4) is 0 Å². The highest BCUT2D eigenvalue weighted by Gasteiger charge is 2.75. The summed E-state index contributed by atoms with van der Waals surface area (Å²) in [6.45, 7) is 10.7. The van der Waals surface area contributed by atoms with Gasteiger partial charge in [0.25, 0.3) is 5.91 Å². The van der Waals surface area contributed by atoms with Gasteiger partial charge in [-0.2, -0.15) is 0 Å². The summed E-state index contributed by atoms with van der Waals surface area (Å²) in [5, 5.41) is 11.0. The zero-order valence-corrected chi connectivity index (χ0v) is 24.7. The molecule has 2 saturated heterocycles. The Morgan fingerprint density at radius 3 is 2.45 bits per heavy atom. The third-order valence-corrected chi connectivity index (χ3v) is 9.18. The Kier molecular flexibility index (Phi) is 7.66. The Labute approximate surface area is 241 Å². The van der Waals surface area contributed by atoms with Gasteiger partial charge in [-0.3, -0.25) is 14.4 Å². The van der Waals surface area contributed by atoms with Crippen LogP contribution in [-0.2, 0) is 19.1 Å². The molecule has 0 saturated carbocycles. The summed E-state index contributed by atoms with van der Waals surface area (Å²) in [7, 11) is 0. The van der Waals surface area contributed by atoms with Crippen molar-refractivity contribution in [3.05, 3.63) is 53.1 Å². The number of anilines is 1. The van der Waals surface area contributed by atoms with Crippen LogP contribution >= 0.6 is 11.6 Å². The fourth-order valence-electron chi connectivity index (χ4n) is 7.36. The molecule has 9 heteroatoms. The van der Waals surface area contributed by atoms with Crippen molar-refractivity contribution in [3.63, 3.8) is 0 Å². The summed E-state index contributed by atoms with van der Waals surface area (Å²) in [6, 6.07) is 3.79. The molecule has 1 spiro atoms. The smallest absolute Gasteiger partial charge is 0.253 e. The number of hydrogen-bond acceptors (Lipinski definition) is 5. The number of carbonyl (C=O) groups is 3. The number of likely N-dealkylation sites (tertiary alicyclic amines) is 1. The summed E-state index contributed by atoms with van der Waals surface area (Å²) >= 11 is 6.63. The van der Waals surface area contributed by atoms with Crippen LogP contribution in [-0.4, -0.2) is 82.2 Å². The maximum Gasteiger partial charge on any atom is 0.253 e. The molecule has 4 heterocycles. The largest absolute Gasteiger partial charge is 0.394 e. The molecule has 6 atom stereocenters. The van der Waals surface area contributed by atoms with Gasteiger partial charge < -0.3 is 24.5 Å². The molecule has 4 aliphatic rings. The van der Waals surface area contributed by atoms with Gasteiger partial charge in [-0.25, -0.2) is 0 Å². The number of rotatable bonds is 7. The normalized spacial score (nSPS) is 32.4. The number of para-hydroxylation sites is 1. The standard InChI is InChI=1S/C31H40ClN3O5/c1-6-14-33-15-8-12-30(5)23(27(33)37)24-28(38)35(21(18-36)17-19(2)3)26-29(39)34(16-9-13-31(24,26)40-30)25-20(4)10-7-11-22(25)32/h7-13,19,21,23-24,26,36H,6,14-18H2,1-5H3/t21-,23+,24+,26?,30-,31+/m1/s1. The molecule has 1 aromatic rings. The lowest BCUT2D eigenvalue weighted by atomic mass is 9.74. The number of hydrogen-bond donors (Lipinski definition) is 1. The molecule has 8 nitrogen and oxygen atoms in total. The van der Waals surface area contributed by atoms with Crippen molar-refractivity contribution in [2.45, 2.75) is 70.7 Å². The predicted octanol–water partition coefficient (Wildman–Crippen LogP) is 3.74. The van der Waals surface area contributed by atoms with E-state index in [-0.39, 0.29) is 36.8 Å². The maximum atomic E-state index is 14.7. The molecular formula is C31H40ClN3O5. The minimum atomic E-state index is -1.38. The third kappa shape index (κ3) is 4.30. The number of amides is 3. The van der Waals surface area contributed by atoms with Crippen LogP contribution in [0.2, 0.25) is 5.02 Å². The van der Waals surface area contributed by atoms with Crippen molar-refractivity contribution < 1.29 is 24.2 Å². The zero-order valence-electron chi connectivity index (χ0n) is 24.0. The SMILES string of the molecule is CCCN1CC=C[C@@]2(C)O[C@]34C=CCN(c5c(C)cccc5Cl)C(=O)C3N([C@@H](CO)CC(C)C)C(=O)[C@@H]4[C@H]2C1=O. The number of aliphatic hydroxyl groups excluding tert-OH is 1. The number of benzene rings is 1. The summed E-state index contributed by atoms with van der Waals surface area (Å²) < 4.78 is 6.89. The zero-order chi connectivity index (χ0) is 29.0. The Hall–Kier alpha value is -2.68. The fourth-order valence-corrected chi connectivity index (χ4v) is 7.69. The number of aliphatic hydroxyl groups is 1. The van der Waals surface area contributed by atoms with Crippen molar-refractivity contribution in [1.82, 2.24) is 9.80 Å². The minimum Gasteiger partial charge on any atom is -0.394 e. The summed E-state index contributed by atoms with van der Waals surface area (Å²) in [6.07, 6.45) is 8.80. The molecule has 0 aliphatic carbocycles. The van der Waals surface area contributed by atoms with Gasteiger partial charge in [0.2, 0.25) is 11.8 Å². The van der Waals surface area contributed by atoms with E-state index in [9.17, 15) is 19.5 Å². The molecular weight excluding hydrogens is 530 g/mol. The Balaban J connectivity index is 1.69. The van der Waals surface area contributed by atoms with E-state index in [1.807, 2.05) is 71.1 Å². The van der Waals surface area contributed by atoms with Gasteiger partial charge in [-0.1, -0.05) is 68.8 Å². The highest BCUT2D eigenvalue weighted by atomic mass is 35.5. The van der Waals surface area contributed by atoms with Gasteiger partial charge in [0.05, 0.1) is 40.8 Å². The molecule has 2 fully saturated rings. The second kappa shape index (κ2) is 10.6. The molecule has 0 bridgehead atoms. The van der Waals surface area contributed by atoms with E-state index in [0.717, 1.165) is 12.0 Å². The first-order valence-corrected chi connectivity index (χ1v) is 14.7. The number of nitrogens with zero attached hydrogens (tertiary/aromatic N) is 3. The minimum absolute atomic E-state index is 0.140. The van der Waals surface area contributed by atoms with Crippen molar-refractivity contribution in [2.75, 3.05) is 31.1 Å². The van der Waals surface area contributed by atoms with Crippen LogP contribution in [0, 0.1) is 24.7 Å². The molecule has 0 radical (unpaired) electrons. The van der Waals surface area contributed by atoms with Gasteiger partial charge >= 0.3 is 0 Å². The van der Waals surface area contributed by atoms with Crippen LogP contribution in [0.1, 0.15) is 46.1 Å². The Bertz CT molecular complexity index is 1240. The summed E-state index contributed by atoms with van der Waals surface area (Å²) in [5.41, 5.74) is -1.04. The topological polar surface area (TPSA) is 90.4 Å². The van der Waals surface area contributed by atoms with Crippen LogP contribution < -0.4 is 4.90 Å². The monoisotopic (exact) mass is 569 g/mol. The fraction of sp³-hybridized carbons (Fsp3) is 0.581. The van der Waals surface area contributed by atoms with E-state index in [1.165, 1.54) is 4.90 Å². The van der Waals surface area contributed by atoms with Crippen molar-refractivity contribution in [2.24, 2.45) is 17.8 Å². The van der Waals surface area contributed by atoms with Crippen LogP contribution in [0.5, 0.6) is 0 Å². The van der Waals surface area contributed by atoms with Crippen LogP contribution in [0.15, 0.2) is 42.5 Å². The molecule has 216 valence electrons. The lowest BCUT2D eigenvalue weighted by Gasteiger charge is -2.40. The predicted molar refractivity (Wildman–Crippen MR) is 154 cm³/mol. The number of ether oxygens (including phenoxy) is 1. The van der Waals surface area contributed by atoms with Crippen molar-refractivity contribution in [1.29, 1.82) is 0 Å². The highest BCUT2D eigenvalue weighted by molar-refractivity contribution is 6.34. The van der Waals surface area contributed by atoms with Crippen LogP contribution in [0.4, 0.5) is 5.69 Å². The van der Waals surface area contributed by atoms with E-state index in [4.69, 9.17) is 16.3 Å². The van der Waals surface area contributed by atoms with E-state index in [2.05, 4.69) is 0 Å². The number of carbonyl (C=O) groups excluding carboxylic acids is 3. The quantitative estimate of drug-likeness (QED) is 0.505. The second-order valence-electron chi connectivity index (χ2n) is 12.2. The lowest BCUT2D eigenvalue weighted by molar-refractivity contribution is -0.151. The average Bonchev–Trinajstić information content (AvgIpc) is 3.17. The summed E-state index contributed by atoms with van der Waals surface area (Å²) in [5.74, 6) is -2.35. The van der Waals surface area contributed by atoms with Crippen molar-refractivity contribution >= 4 is 35.0 Å². The maximum absolute atomic E-state index is 14.7. The summed E-state index contributed by atoms with van der Waals surface area (Å²) in [4.78, 5) is 48.3. The van der Waals surface area contributed by atoms with E-state index in [1.54, 1.807) is 15.9 Å². The van der Waals surface area contributed by atoms with E-state index < -0.39 is 35.1 Å². The van der Waals surface area contributed by atoms with Gasteiger partial charge in [0, 0.05) is 19.6 Å². The lowest BCUT2D eigenvalue weighted by Crippen LogP contribution is -2.59. The van der Waals surface area contributed by atoms with E-state index in [0.29, 0.717) is 30.2 Å². The van der Waals surface area contributed by atoms with Gasteiger partial charge in [-0.05, 0) is 44.2 Å². The molecule has 3 amide bonds. The Morgan fingerprint density at radius 1 is 1.07 bits per heavy atom. The molecule has 1 aromatic carbocycles. The molecule has 0 aromatic heterocycles. The van der Waals surface area contributed by atoms with Gasteiger partial charge in [0.15, 0.2) is 0 Å². The highest BCUT2D eigenvalue weighted by Crippen LogP contribution is 2.58. The van der Waals surface area contributed by atoms with Gasteiger partial charge in [-0.15, -0.1) is 0 Å². The average molecular weight is 570 g/mol. The van der Waals surface area contributed by atoms with Crippen LogP contribution in [0.25, 0.3) is 0 Å². The molecule has 40 heavy (non-hydrogen) atoms. The molecule has 5 rings (SSSR count). The first-order valence-electron chi connectivity index (χ1n) is 14.3. The molecule has 4 aliphatic heterocycles. The number of fused-ring (bicyclic) bond motifs is 2. The molecule has 1 N–H and O–H groups in total. The first kappa shape index (κ1) is 28.8. The Morgan fingerprint density at radius 2 is 1.80 bits per heavy atom. The first-order chi connectivity index (χ1) is 19.0. The third-order valence-electron chi connectivity index (χ3n) is 8.88. The van der Waals surface area contributed by atoms with Gasteiger partial charge in [0.1, 0.15) is 11.6 Å².